The molecular weight excluding hydrogens is 278 g/mol. The number of aliphatic hydroxyl groups excluding tert-OH is 1. The minimum Gasteiger partial charge on any atom is -0.394 e. The first-order valence-electron chi connectivity index (χ1n) is 6.79. The molecule has 1 aliphatic heterocycles. The average molecular weight is 299 g/mol. The van der Waals surface area contributed by atoms with E-state index in [4.69, 9.17) is 9.84 Å². The molecule has 0 aromatic heterocycles. The Kier molecular flexibility index (Phi) is 5.01. The molecule has 1 heterocycles. The Hall–Kier alpha value is -1.11. The second kappa shape index (κ2) is 6.56. The van der Waals surface area contributed by atoms with E-state index in [1.54, 1.807) is 12.1 Å². The van der Waals surface area contributed by atoms with Crippen LogP contribution in [-0.2, 0) is 14.6 Å². The number of hydrogen-bond acceptors (Lipinski definition) is 5. The van der Waals surface area contributed by atoms with Crippen molar-refractivity contribution < 1.29 is 18.3 Å². The Balaban J connectivity index is 2.08. The Morgan fingerprint density at radius 3 is 2.55 bits per heavy atom. The molecule has 1 aromatic rings. The zero-order valence-electron chi connectivity index (χ0n) is 11.7. The van der Waals surface area contributed by atoms with Crippen LogP contribution in [-0.4, -0.2) is 52.2 Å². The van der Waals surface area contributed by atoms with Crippen LogP contribution >= 0.6 is 0 Å². The first kappa shape index (κ1) is 15.3. The van der Waals surface area contributed by atoms with E-state index in [1.807, 2.05) is 12.1 Å². The van der Waals surface area contributed by atoms with Gasteiger partial charge in [0.1, 0.15) is 0 Å². The van der Waals surface area contributed by atoms with Gasteiger partial charge >= 0.3 is 0 Å². The van der Waals surface area contributed by atoms with Crippen molar-refractivity contribution in [2.45, 2.75) is 23.8 Å². The number of piperidine rings is 1. The van der Waals surface area contributed by atoms with Gasteiger partial charge in [-0.2, -0.15) is 0 Å². The van der Waals surface area contributed by atoms with Crippen molar-refractivity contribution in [1.29, 1.82) is 0 Å². The van der Waals surface area contributed by atoms with Crippen molar-refractivity contribution >= 4 is 15.5 Å². The van der Waals surface area contributed by atoms with E-state index in [1.165, 1.54) is 6.26 Å². The molecule has 6 heteroatoms. The molecule has 1 aliphatic rings. The molecule has 0 bridgehead atoms. The third kappa shape index (κ3) is 3.71. The summed E-state index contributed by atoms with van der Waals surface area (Å²) in [5.41, 5.74) is 0.774. The van der Waals surface area contributed by atoms with Gasteiger partial charge in [-0.1, -0.05) is 12.1 Å². The summed E-state index contributed by atoms with van der Waals surface area (Å²) in [6, 6.07) is 7.11. The molecule has 0 unspecified atom stereocenters. The smallest absolute Gasteiger partial charge is 0.177 e. The first-order chi connectivity index (χ1) is 9.52. The predicted octanol–water partition coefficient (Wildman–Crippen LogP) is 1.07. The monoisotopic (exact) mass is 299 g/mol. The molecule has 0 saturated carbocycles. The number of para-hydroxylation sites is 1. The molecule has 5 nitrogen and oxygen atoms in total. The number of anilines is 1. The number of aliphatic hydroxyl groups is 1. The first-order valence-corrected chi connectivity index (χ1v) is 8.68. The van der Waals surface area contributed by atoms with Crippen LogP contribution in [0.2, 0.25) is 0 Å². The molecule has 1 saturated heterocycles. The van der Waals surface area contributed by atoms with E-state index in [0.717, 1.165) is 31.6 Å². The molecule has 0 spiro atoms. The van der Waals surface area contributed by atoms with Crippen molar-refractivity contribution in [2.75, 3.05) is 37.5 Å². The largest absolute Gasteiger partial charge is 0.394 e. The molecule has 20 heavy (non-hydrogen) atoms. The van der Waals surface area contributed by atoms with E-state index in [-0.39, 0.29) is 12.7 Å². The maximum atomic E-state index is 11.8. The molecule has 112 valence electrons. The third-order valence-electron chi connectivity index (χ3n) is 3.49. The minimum atomic E-state index is -3.22. The number of nitrogens with zero attached hydrogens (tertiary/aromatic N) is 1. The van der Waals surface area contributed by atoms with Gasteiger partial charge in [0.15, 0.2) is 9.84 Å². The highest BCUT2D eigenvalue weighted by atomic mass is 32.2. The second-order valence-corrected chi connectivity index (χ2v) is 7.00. The highest BCUT2D eigenvalue weighted by Crippen LogP contribution is 2.28. The zero-order chi connectivity index (χ0) is 14.6. The number of rotatable bonds is 5. The predicted molar refractivity (Wildman–Crippen MR) is 77.8 cm³/mol. The summed E-state index contributed by atoms with van der Waals surface area (Å²) in [6.45, 7) is 1.94. The van der Waals surface area contributed by atoms with Crippen molar-refractivity contribution in [1.82, 2.24) is 0 Å². The maximum absolute atomic E-state index is 11.8. The molecule has 0 aliphatic carbocycles. The van der Waals surface area contributed by atoms with Crippen molar-refractivity contribution in [3.63, 3.8) is 0 Å². The fourth-order valence-corrected chi connectivity index (χ4v) is 3.42. The minimum absolute atomic E-state index is 0.0388. The van der Waals surface area contributed by atoms with Crippen LogP contribution in [0.1, 0.15) is 12.8 Å². The van der Waals surface area contributed by atoms with Gasteiger partial charge < -0.3 is 14.7 Å². The van der Waals surface area contributed by atoms with Gasteiger partial charge in [0.25, 0.3) is 0 Å². The number of benzene rings is 1. The van der Waals surface area contributed by atoms with E-state index in [9.17, 15) is 8.42 Å². The van der Waals surface area contributed by atoms with Gasteiger partial charge in [-0.05, 0) is 25.0 Å². The van der Waals surface area contributed by atoms with Crippen LogP contribution in [0.15, 0.2) is 29.2 Å². The molecule has 2 rings (SSSR count). The van der Waals surface area contributed by atoms with E-state index >= 15 is 0 Å². The van der Waals surface area contributed by atoms with Gasteiger partial charge in [0.05, 0.1) is 29.9 Å². The lowest BCUT2D eigenvalue weighted by molar-refractivity contribution is 0.0158. The number of hydrogen-bond donors (Lipinski definition) is 1. The molecule has 1 N–H and O–H groups in total. The molecule has 0 radical (unpaired) electrons. The fraction of sp³-hybridized carbons (Fsp3) is 0.571. The number of ether oxygens (including phenoxy) is 1. The lowest BCUT2D eigenvalue weighted by Gasteiger charge is -2.34. The average Bonchev–Trinajstić information content (AvgIpc) is 2.45. The Bertz CT molecular complexity index is 536. The Morgan fingerprint density at radius 2 is 1.95 bits per heavy atom. The standard InChI is InChI=1S/C14H21NO4S/c1-20(17,18)14-5-3-2-4-13(14)15-8-6-12(7-9-15)19-11-10-16/h2-5,12,16H,6-11H2,1H3. The van der Waals surface area contributed by atoms with Gasteiger partial charge in [0, 0.05) is 19.3 Å². The zero-order valence-corrected chi connectivity index (χ0v) is 12.5. The molecule has 0 atom stereocenters. The highest BCUT2D eigenvalue weighted by molar-refractivity contribution is 7.90. The SMILES string of the molecule is CS(=O)(=O)c1ccccc1N1CCC(OCCO)CC1. The molecular formula is C14H21NO4S. The van der Waals surface area contributed by atoms with Crippen LogP contribution < -0.4 is 4.90 Å². The Labute approximate surface area is 120 Å². The van der Waals surface area contributed by atoms with E-state index in [2.05, 4.69) is 4.90 Å². The van der Waals surface area contributed by atoms with Crippen LogP contribution in [0.25, 0.3) is 0 Å². The van der Waals surface area contributed by atoms with Crippen molar-refractivity contribution in [3.8, 4) is 0 Å². The number of sulfone groups is 1. The van der Waals surface area contributed by atoms with Gasteiger partial charge in [0.2, 0.25) is 0 Å². The second-order valence-electron chi connectivity index (χ2n) is 5.02. The summed E-state index contributed by atoms with van der Waals surface area (Å²) >= 11 is 0. The summed E-state index contributed by atoms with van der Waals surface area (Å²) in [5, 5.41) is 8.75. The van der Waals surface area contributed by atoms with Crippen LogP contribution in [0.5, 0.6) is 0 Å². The molecule has 1 aromatic carbocycles. The normalized spacial score (nSPS) is 17.4. The highest BCUT2D eigenvalue weighted by Gasteiger charge is 2.23. The lowest BCUT2D eigenvalue weighted by atomic mass is 10.1. The summed E-state index contributed by atoms with van der Waals surface area (Å²) in [4.78, 5) is 2.48. The van der Waals surface area contributed by atoms with Crippen molar-refractivity contribution in [2.24, 2.45) is 0 Å². The maximum Gasteiger partial charge on any atom is 0.177 e. The molecule has 1 fully saturated rings. The lowest BCUT2D eigenvalue weighted by Crippen LogP contribution is -2.38. The molecule has 0 amide bonds. The van der Waals surface area contributed by atoms with Crippen LogP contribution in [0, 0.1) is 0 Å². The van der Waals surface area contributed by atoms with E-state index < -0.39 is 9.84 Å². The summed E-state index contributed by atoms with van der Waals surface area (Å²) in [7, 11) is -3.22. The topological polar surface area (TPSA) is 66.8 Å². The van der Waals surface area contributed by atoms with Crippen molar-refractivity contribution in [3.05, 3.63) is 24.3 Å². The summed E-state index contributed by atoms with van der Waals surface area (Å²) < 4.78 is 29.2. The van der Waals surface area contributed by atoms with Gasteiger partial charge in [-0.15, -0.1) is 0 Å². The Morgan fingerprint density at radius 1 is 1.30 bits per heavy atom. The van der Waals surface area contributed by atoms with Gasteiger partial charge in [-0.3, -0.25) is 0 Å². The van der Waals surface area contributed by atoms with Crippen LogP contribution in [0.3, 0.4) is 0 Å². The van der Waals surface area contributed by atoms with Gasteiger partial charge in [-0.25, -0.2) is 8.42 Å². The summed E-state index contributed by atoms with van der Waals surface area (Å²) in [6.07, 6.45) is 3.09. The third-order valence-corrected chi connectivity index (χ3v) is 4.64. The summed E-state index contributed by atoms with van der Waals surface area (Å²) in [5.74, 6) is 0. The van der Waals surface area contributed by atoms with Crippen LogP contribution in [0.4, 0.5) is 5.69 Å². The fourth-order valence-electron chi connectivity index (χ4n) is 2.51. The van der Waals surface area contributed by atoms with E-state index in [0.29, 0.717) is 11.5 Å². The quantitative estimate of drug-likeness (QED) is 0.881.